The summed E-state index contributed by atoms with van der Waals surface area (Å²) in [6, 6.07) is 3.22. The lowest BCUT2D eigenvalue weighted by molar-refractivity contribution is -0.149. The average Bonchev–Trinajstić information content (AvgIpc) is 2.62. The van der Waals surface area contributed by atoms with Gasteiger partial charge in [0.05, 0.1) is 28.8 Å². The van der Waals surface area contributed by atoms with Crippen LogP contribution >= 0.6 is 0 Å². The lowest BCUT2D eigenvalue weighted by Crippen LogP contribution is -2.64. The zero-order valence-electron chi connectivity index (χ0n) is 16.0. The van der Waals surface area contributed by atoms with Crippen LogP contribution in [0, 0.1) is 5.92 Å². The number of phenols is 1. The number of fused-ring (bicyclic) bond motifs is 3. The molecule has 0 spiro atoms. The Hall–Kier alpha value is -3.04. The van der Waals surface area contributed by atoms with Gasteiger partial charge in [0.1, 0.15) is 22.9 Å². The first-order valence-electron chi connectivity index (χ1n) is 9.25. The van der Waals surface area contributed by atoms with E-state index in [9.17, 15) is 30.0 Å². The summed E-state index contributed by atoms with van der Waals surface area (Å²) in [5.41, 5.74) is 3.64. The van der Waals surface area contributed by atoms with Gasteiger partial charge in [-0.25, -0.2) is 0 Å². The Morgan fingerprint density at radius 3 is 2.59 bits per heavy atom. The minimum atomic E-state index is -2.03. The van der Waals surface area contributed by atoms with E-state index in [1.807, 2.05) is 0 Å². The third-order valence-corrected chi connectivity index (χ3v) is 6.22. The second kappa shape index (κ2) is 6.23. The first-order chi connectivity index (χ1) is 13.6. The van der Waals surface area contributed by atoms with Crippen LogP contribution in [0.25, 0.3) is 5.76 Å². The number of aromatic hydroxyl groups is 1. The van der Waals surface area contributed by atoms with Crippen molar-refractivity contribution in [1.29, 1.82) is 0 Å². The molecule has 1 amide bonds. The quantitative estimate of drug-likeness (QED) is 0.416. The Labute approximate surface area is 166 Å². The standard InChI is InChI=1S/C20H23N3O6/c1-23(2)15-9-6-11-14(17(26)13-10(22-11)4-3-5-12(13)24)18(27)20(9,29)7-8(16(15)25)19(21)28/h3-5,9,11,15,22,24-26,29H,6-7H2,1-2H3,(H2,21,28)/t9-,11-,15-,20-/m0/s1. The van der Waals surface area contributed by atoms with Crippen molar-refractivity contribution in [3.05, 3.63) is 40.7 Å². The topological polar surface area (TPSA) is 156 Å². The smallest absolute Gasteiger partial charge is 0.248 e. The average molecular weight is 401 g/mol. The molecule has 1 aromatic carbocycles. The van der Waals surface area contributed by atoms with Crippen LogP contribution in [-0.4, -0.2) is 68.8 Å². The molecule has 0 radical (unpaired) electrons. The molecule has 0 unspecified atom stereocenters. The number of hydrogen-bond donors (Lipinski definition) is 6. The highest BCUT2D eigenvalue weighted by Crippen LogP contribution is 2.50. The highest BCUT2D eigenvalue weighted by atomic mass is 16.3. The Kier molecular flexibility index (Phi) is 4.14. The number of nitrogens with two attached hydrogens (primary N) is 1. The number of benzene rings is 1. The minimum Gasteiger partial charge on any atom is -0.510 e. The molecule has 4 rings (SSSR count). The van der Waals surface area contributed by atoms with Gasteiger partial charge in [-0.05, 0) is 32.6 Å². The lowest BCUT2D eigenvalue weighted by Gasteiger charge is -2.51. The summed E-state index contributed by atoms with van der Waals surface area (Å²) in [7, 11) is 3.33. The molecule has 1 saturated carbocycles. The Morgan fingerprint density at radius 2 is 1.97 bits per heavy atom. The van der Waals surface area contributed by atoms with Crippen LogP contribution in [0.5, 0.6) is 5.75 Å². The Balaban J connectivity index is 1.90. The van der Waals surface area contributed by atoms with E-state index in [1.165, 1.54) is 6.07 Å². The molecule has 1 fully saturated rings. The minimum absolute atomic E-state index is 0.0551. The maximum absolute atomic E-state index is 13.4. The summed E-state index contributed by atoms with van der Waals surface area (Å²) in [4.78, 5) is 26.9. The van der Waals surface area contributed by atoms with E-state index in [0.717, 1.165) is 0 Å². The summed E-state index contributed by atoms with van der Waals surface area (Å²) in [6.45, 7) is 0. The molecule has 2 aliphatic carbocycles. The highest BCUT2D eigenvalue weighted by molar-refractivity contribution is 6.12. The SMILES string of the molecule is CN(C)[C@@H]1C(O)=C(C(N)=O)C[C@@]2(O)C(=O)C3=C(O)c4c(O)cccc4N[C@H]3C[C@@H]12. The number of aliphatic hydroxyl groups is 3. The van der Waals surface area contributed by atoms with E-state index < -0.39 is 47.5 Å². The van der Waals surface area contributed by atoms with Crippen molar-refractivity contribution >= 4 is 23.1 Å². The number of rotatable bonds is 2. The number of primary amides is 1. The fraction of sp³-hybridized carbons (Fsp3) is 0.400. The lowest BCUT2D eigenvalue weighted by atomic mass is 9.60. The van der Waals surface area contributed by atoms with Crippen molar-refractivity contribution in [2.75, 3.05) is 19.4 Å². The van der Waals surface area contributed by atoms with Gasteiger partial charge in [0.2, 0.25) is 5.91 Å². The molecule has 154 valence electrons. The van der Waals surface area contributed by atoms with Gasteiger partial charge in [0.15, 0.2) is 5.78 Å². The van der Waals surface area contributed by atoms with Crippen LogP contribution in [0.3, 0.4) is 0 Å². The summed E-state index contributed by atoms with van der Waals surface area (Å²) in [5, 5.41) is 46.2. The predicted octanol–water partition coefficient (Wildman–Crippen LogP) is 0.407. The molecule has 9 nitrogen and oxygen atoms in total. The molecular formula is C20H23N3O6. The highest BCUT2D eigenvalue weighted by Gasteiger charge is 2.60. The molecule has 0 aromatic heterocycles. The van der Waals surface area contributed by atoms with Crippen LogP contribution in [0.1, 0.15) is 18.4 Å². The Bertz CT molecular complexity index is 998. The molecule has 0 bridgehead atoms. The number of carbonyl (C=O) groups is 2. The maximum atomic E-state index is 13.4. The van der Waals surface area contributed by atoms with Crippen LogP contribution < -0.4 is 11.1 Å². The number of anilines is 1. The molecule has 1 heterocycles. The van der Waals surface area contributed by atoms with Crippen LogP contribution in [0.4, 0.5) is 5.69 Å². The second-order valence-corrected chi connectivity index (χ2v) is 8.07. The third kappa shape index (κ3) is 2.54. The number of hydrogen-bond acceptors (Lipinski definition) is 8. The molecule has 0 saturated heterocycles. The number of carbonyl (C=O) groups excluding carboxylic acids is 2. The van der Waals surface area contributed by atoms with Crippen LogP contribution in [-0.2, 0) is 9.59 Å². The maximum Gasteiger partial charge on any atom is 0.248 e. The van der Waals surface area contributed by atoms with Crippen molar-refractivity contribution in [3.63, 3.8) is 0 Å². The fourth-order valence-corrected chi connectivity index (χ4v) is 4.91. The number of ketones is 1. The van der Waals surface area contributed by atoms with Crippen molar-refractivity contribution in [1.82, 2.24) is 4.90 Å². The number of amides is 1. The zero-order chi connectivity index (χ0) is 21.2. The van der Waals surface area contributed by atoms with Gasteiger partial charge in [-0.3, -0.25) is 14.5 Å². The number of likely N-dealkylation sites (N-methyl/N-ethyl adjacent to an activating group) is 1. The molecule has 4 atom stereocenters. The van der Waals surface area contributed by atoms with Crippen molar-refractivity contribution < 1.29 is 30.0 Å². The zero-order valence-corrected chi connectivity index (χ0v) is 16.0. The molecule has 1 aromatic rings. The van der Waals surface area contributed by atoms with Gasteiger partial charge in [-0.1, -0.05) is 6.07 Å². The number of phenolic OH excluding ortho intramolecular Hbond substituents is 1. The molecule has 7 N–H and O–H groups in total. The van der Waals surface area contributed by atoms with Crippen molar-refractivity contribution in [2.24, 2.45) is 11.7 Å². The predicted molar refractivity (Wildman–Crippen MR) is 104 cm³/mol. The normalized spacial score (nSPS) is 31.2. The van der Waals surface area contributed by atoms with E-state index in [4.69, 9.17) is 5.73 Å². The van der Waals surface area contributed by atoms with E-state index in [1.54, 1.807) is 31.1 Å². The number of aliphatic hydroxyl groups excluding tert-OH is 2. The van der Waals surface area contributed by atoms with Gasteiger partial charge in [0.25, 0.3) is 0 Å². The van der Waals surface area contributed by atoms with Gasteiger partial charge in [0, 0.05) is 18.0 Å². The van der Waals surface area contributed by atoms with Gasteiger partial charge < -0.3 is 31.5 Å². The van der Waals surface area contributed by atoms with Gasteiger partial charge in [-0.2, -0.15) is 0 Å². The molecule has 1 aliphatic heterocycles. The van der Waals surface area contributed by atoms with Gasteiger partial charge >= 0.3 is 0 Å². The number of nitrogens with zero attached hydrogens (tertiary/aromatic N) is 1. The van der Waals surface area contributed by atoms with E-state index >= 15 is 0 Å². The van der Waals surface area contributed by atoms with Crippen LogP contribution in [0.2, 0.25) is 0 Å². The summed E-state index contributed by atoms with van der Waals surface area (Å²) < 4.78 is 0. The van der Waals surface area contributed by atoms with Crippen molar-refractivity contribution in [3.8, 4) is 5.75 Å². The summed E-state index contributed by atoms with van der Waals surface area (Å²) >= 11 is 0. The molecule has 29 heavy (non-hydrogen) atoms. The number of Topliss-reactive ketones (excluding diaryl/α,β-unsaturated/α-hetero) is 1. The van der Waals surface area contributed by atoms with Crippen molar-refractivity contribution in [2.45, 2.75) is 30.5 Å². The first kappa shape index (κ1) is 19.3. The summed E-state index contributed by atoms with van der Waals surface area (Å²) in [5.74, 6) is -3.28. The van der Waals surface area contributed by atoms with E-state index in [0.29, 0.717) is 5.69 Å². The monoisotopic (exact) mass is 401 g/mol. The largest absolute Gasteiger partial charge is 0.510 e. The molecular weight excluding hydrogens is 378 g/mol. The Morgan fingerprint density at radius 1 is 1.28 bits per heavy atom. The molecule has 3 aliphatic rings. The second-order valence-electron chi connectivity index (χ2n) is 8.07. The summed E-state index contributed by atoms with van der Waals surface area (Å²) in [6.07, 6.45) is -0.241. The van der Waals surface area contributed by atoms with Crippen LogP contribution in [0.15, 0.2) is 35.1 Å². The number of nitrogens with one attached hydrogen (secondary N) is 1. The fourth-order valence-electron chi connectivity index (χ4n) is 4.91. The van der Waals surface area contributed by atoms with E-state index in [-0.39, 0.29) is 34.6 Å². The molecule has 9 heteroatoms. The van der Waals surface area contributed by atoms with Gasteiger partial charge in [-0.15, -0.1) is 0 Å². The van der Waals surface area contributed by atoms with E-state index in [2.05, 4.69) is 5.32 Å². The first-order valence-corrected chi connectivity index (χ1v) is 9.25. The third-order valence-electron chi connectivity index (χ3n) is 6.22.